The zero-order valence-corrected chi connectivity index (χ0v) is 12.1. The van der Waals surface area contributed by atoms with E-state index in [-0.39, 0.29) is 25.2 Å². The molecule has 1 aromatic rings. The third-order valence-electron chi connectivity index (χ3n) is 2.27. The molecule has 0 fully saturated rings. The number of carboxylic acid groups (broad SMARTS) is 1. The van der Waals surface area contributed by atoms with E-state index in [1.807, 2.05) is 0 Å². The summed E-state index contributed by atoms with van der Waals surface area (Å²) in [4.78, 5) is 26.1. The minimum Gasteiger partial charge on any atom is -0.478 e. The first-order valence-corrected chi connectivity index (χ1v) is 7.81. The number of nitrogens with zero attached hydrogens (tertiary/aromatic N) is 1. The van der Waals surface area contributed by atoms with Crippen LogP contribution in [0.5, 0.6) is 0 Å². The minimum atomic E-state index is -3.28. The van der Waals surface area contributed by atoms with Gasteiger partial charge in [-0.3, -0.25) is 4.98 Å². The zero-order chi connectivity index (χ0) is 15.9. The van der Waals surface area contributed by atoms with Gasteiger partial charge in [0.25, 0.3) is 0 Å². The number of hydrogen-bond donors (Lipinski definition) is 4. The van der Waals surface area contributed by atoms with Crippen molar-refractivity contribution in [3.8, 4) is 0 Å². The van der Waals surface area contributed by atoms with Gasteiger partial charge in [0, 0.05) is 19.3 Å². The Bertz CT molecular complexity index is 617. The highest BCUT2D eigenvalue weighted by Gasteiger charge is 2.06. The van der Waals surface area contributed by atoms with Crippen molar-refractivity contribution in [2.75, 3.05) is 19.3 Å². The van der Waals surface area contributed by atoms with Crippen LogP contribution in [0.4, 0.5) is 4.79 Å². The van der Waals surface area contributed by atoms with Crippen LogP contribution in [-0.2, 0) is 16.6 Å². The Morgan fingerprint density at radius 2 is 2.00 bits per heavy atom. The van der Waals surface area contributed by atoms with Gasteiger partial charge in [0.2, 0.25) is 10.0 Å². The lowest BCUT2D eigenvalue weighted by molar-refractivity contribution is 0.0696. The molecule has 0 atom stereocenters. The quantitative estimate of drug-likeness (QED) is 0.482. The van der Waals surface area contributed by atoms with Gasteiger partial charge in [0.05, 0.1) is 24.1 Å². The number of rotatable bonds is 7. The Labute approximate surface area is 121 Å². The van der Waals surface area contributed by atoms with Gasteiger partial charge in [-0.2, -0.15) is 0 Å². The van der Waals surface area contributed by atoms with Gasteiger partial charge in [-0.25, -0.2) is 22.7 Å². The number of aromatic nitrogens is 1. The second-order valence-corrected chi connectivity index (χ2v) is 5.95. The molecule has 0 radical (unpaired) electrons. The Balaban J connectivity index is 2.33. The lowest BCUT2D eigenvalue weighted by Crippen LogP contribution is -2.39. The van der Waals surface area contributed by atoms with Crippen LogP contribution in [0.2, 0.25) is 0 Å². The fourth-order valence-electron chi connectivity index (χ4n) is 1.35. The maximum absolute atomic E-state index is 11.4. The molecular weight excluding hydrogens is 300 g/mol. The molecule has 21 heavy (non-hydrogen) atoms. The SMILES string of the molecule is CS(=O)(=O)NCCNC(=O)NCc1cc(C(=O)O)ccn1. The number of carbonyl (C=O) groups is 2. The molecule has 0 aliphatic heterocycles. The van der Waals surface area contributed by atoms with Gasteiger partial charge in [-0.05, 0) is 12.1 Å². The molecule has 0 aromatic carbocycles. The second-order valence-electron chi connectivity index (χ2n) is 4.12. The summed E-state index contributed by atoms with van der Waals surface area (Å²) in [6.45, 7) is 0.271. The molecule has 116 valence electrons. The number of pyridine rings is 1. The van der Waals surface area contributed by atoms with E-state index in [2.05, 4.69) is 20.3 Å². The summed E-state index contributed by atoms with van der Waals surface area (Å²) >= 11 is 0. The summed E-state index contributed by atoms with van der Waals surface area (Å²) < 4.78 is 23.8. The van der Waals surface area contributed by atoms with Crippen LogP contribution in [0.3, 0.4) is 0 Å². The van der Waals surface area contributed by atoms with Crippen LogP contribution in [0.25, 0.3) is 0 Å². The predicted octanol–water partition coefficient (Wildman–Crippen LogP) is -0.872. The van der Waals surface area contributed by atoms with Gasteiger partial charge in [-0.1, -0.05) is 0 Å². The van der Waals surface area contributed by atoms with E-state index >= 15 is 0 Å². The van der Waals surface area contributed by atoms with Gasteiger partial charge < -0.3 is 15.7 Å². The lowest BCUT2D eigenvalue weighted by atomic mass is 10.2. The molecule has 1 heterocycles. The van der Waals surface area contributed by atoms with Crippen molar-refractivity contribution in [2.45, 2.75) is 6.54 Å². The van der Waals surface area contributed by atoms with Crippen molar-refractivity contribution in [2.24, 2.45) is 0 Å². The predicted molar refractivity (Wildman–Crippen MR) is 74.3 cm³/mol. The summed E-state index contributed by atoms with van der Waals surface area (Å²) in [5.41, 5.74) is 0.485. The average molecular weight is 316 g/mol. The molecule has 0 saturated carbocycles. The van der Waals surface area contributed by atoms with Gasteiger partial charge in [-0.15, -0.1) is 0 Å². The molecule has 1 aromatic heterocycles. The summed E-state index contributed by atoms with van der Waals surface area (Å²) in [7, 11) is -3.28. The van der Waals surface area contributed by atoms with Crippen LogP contribution < -0.4 is 15.4 Å². The fourth-order valence-corrected chi connectivity index (χ4v) is 1.83. The lowest BCUT2D eigenvalue weighted by Gasteiger charge is -2.08. The number of urea groups is 1. The number of nitrogens with one attached hydrogen (secondary N) is 3. The van der Waals surface area contributed by atoms with Crippen molar-refractivity contribution in [1.29, 1.82) is 0 Å². The topological polar surface area (TPSA) is 137 Å². The van der Waals surface area contributed by atoms with Crippen molar-refractivity contribution < 1.29 is 23.1 Å². The molecule has 0 bridgehead atoms. The molecule has 0 aliphatic carbocycles. The van der Waals surface area contributed by atoms with Crippen LogP contribution in [0, 0.1) is 0 Å². The largest absolute Gasteiger partial charge is 0.478 e. The minimum absolute atomic E-state index is 0.0620. The molecule has 0 unspecified atom stereocenters. The number of carboxylic acids is 1. The summed E-state index contributed by atoms with van der Waals surface area (Å²) in [5.74, 6) is -1.07. The van der Waals surface area contributed by atoms with E-state index in [1.54, 1.807) is 0 Å². The number of sulfonamides is 1. The average Bonchev–Trinajstić information content (AvgIpc) is 2.40. The molecular formula is C11H16N4O5S. The maximum Gasteiger partial charge on any atom is 0.335 e. The molecule has 0 saturated heterocycles. The zero-order valence-electron chi connectivity index (χ0n) is 11.3. The molecule has 4 N–H and O–H groups in total. The number of carbonyl (C=O) groups excluding carboxylic acids is 1. The van der Waals surface area contributed by atoms with Crippen LogP contribution in [0.15, 0.2) is 18.3 Å². The van der Waals surface area contributed by atoms with Gasteiger partial charge >= 0.3 is 12.0 Å². The maximum atomic E-state index is 11.4. The molecule has 9 nitrogen and oxygen atoms in total. The van der Waals surface area contributed by atoms with Crippen LogP contribution in [0.1, 0.15) is 16.1 Å². The van der Waals surface area contributed by atoms with Crippen LogP contribution in [-0.4, -0.2) is 49.9 Å². The Morgan fingerprint density at radius 3 is 2.62 bits per heavy atom. The summed E-state index contributed by atoms with van der Waals surface area (Å²) in [5, 5.41) is 13.7. The second kappa shape index (κ2) is 7.55. The standard InChI is InChI=1S/C11H16N4O5S/c1-21(19,20)15-5-4-13-11(18)14-7-9-6-8(10(16)17)2-3-12-9/h2-3,6,15H,4-5,7H2,1H3,(H,16,17)(H2,13,14,18). The van der Waals surface area contributed by atoms with E-state index in [4.69, 9.17) is 5.11 Å². The van der Waals surface area contributed by atoms with E-state index in [0.29, 0.717) is 5.69 Å². The first-order valence-electron chi connectivity index (χ1n) is 5.92. The first kappa shape index (κ1) is 16.9. The highest BCUT2D eigenvalue weighted by atomic mass is 32.2. The van der Waals surface area contributed by atoms with Crippen molar-refractivity contribution in [1.82, 2.24) is 20.3 Å². The van der Waals surface area contributed by atoms with Crippen LogP contribution >= 0.6 is 0 Å². The molecule has 2 amide bonds. The van der Waals surface area contributed by atoms with Crippen molar-refractivity contribution >= 4 is 22.0 Å². The van der Waals surface area contributed by atoms with Crippen molar-refractivity contribution in [3.63, 3.8) is 0 Å². The smallest absolute Gasteiger partial charge is 0.335 e. The first-order chi connectivity index (χ1) is 9.78. The van der Waals surface area contributed by atoms with Gasteiger partial charge in [0.1, 0.15) is 0 Å². The monoisotopic (exact) mass is 316 g/mol. The van der Waals surface area contributed by atoms with Crippen molar-refractivity contribution in [3.05, 3.63) is 29.6 Å². The normalized spacial score (nSPS) is 10.9. The Hall–Kier alpha value is -2.20. The highest BCUT2D eigenvalue weighted by molar-refractivity contribution is 7.88. The number of hydrogen-bond acceptors (Lipinski definition) is 5. The van der Waals surface area contributed by atoms with E-state index < -0.39 is 22.0 Å². The third kappa shape index (κ3) is 7.22. The third-order valence-corrected chi connectivity index (χ3v) is 3.00. The summed E-state index contributed by atoms with van der Waals surface area (Å²) in [6.07, 6.45) is 2.36. The number of aromatic carboxylic acids is 1. The number of amides is 2. The Morgan fingerprint density at radius 1 is 1.29 bits per heavy atom. The molecule has 1 rings (SSSR count). The van der Waals surface area contributed by atoms with E-state index in [9.17, 15) is 18.0 Å². The van der Waals surface area contributed by atoms with E-state index in [1.165, 1.54) is 18.3 Å². The molecule has 0 spiro atoms. The highest BCUT2D eigenvalue weighted by Crippen LogP contribution is 2.01. The summed E-state index contributed by atoms with van der Waals surface area (Å²) in [6, 6.07) is 2.20. The van der Waals surface area contributed by atoms with E-state index in [0.717, 1.165) is 6.26 Å². The van der Waals surface area contributed by atoms with Gasteiger partial charge in [0.15, 0.2) is 0 Å². The Kier molecular flexibility index (Phi) is 6.06. The fraction of sp³-hybridized carbons (Fsp3) is 0.364. The molecule has 0 aliphatic rings. The molecule has 10 heteroatoms.